The Kier molecular flexibility index (Phi) is 6.79. The monoisotopic (exact) mass is 331 g/mol. The summed E-state index contributed by atoms with van der Waals surface area (Å²) in [4.78, 5) is 28.0. The smallest absolute Gasteiger partial charge is 0.253 e. The fourth-order valence-corrected chi connectivity index (χ4v) is 3.17. The largest absolute Gasteiger partial charge is 0.352 e. The molecule has 1 aromatic carbocycles. The normalized spacial score (nSPS) is 18.2. The molecule has 1 aliphatic rings. The first-order valence-corrected chi connectivity index (χ1v) is 8.75. The van der Waals surface area contributed by atoms with Gasteiger partial charge in [-0.25, -0.2) is 0 Å². The van der Waals surface area contributed by atoms with Crippen LogP contribution >= 0.6 is 0 Å². The molecule has 0 aromatic heterocycles. The van der Waals surface area contributed by atoms with E-state index in [0.717, 1.165) is 18.5 Å². The molecule has 24 heavy (non-hydrogen) atoms. The first-order valence-electron chi connectivity index (χ1n) is 8.75. The van der Waals surface area contributed by atoms with E-state index in [4.69, 9.17) is 0 Å². The molecular formula is C19H29N3O2. The lowest BCUT2D eigenvalue weighted by atomic mass is 9.98. The van der Waals surface area contributed by atoms with Crippen LogP contribution in [0, 0.1) is 0 Å². The fraction of sp³-hybridized carbons (Fsp3) is 0.579. The van der Waals surface area contributed by atoms with Gasteiger partial charge in [-0.05, 0) is 50.6 Å². The van der Waals surface area contributed by atoms with E-state index in [9.17, 15) is 9.59 Å². The number of benzene rings is 1. The maximum absolute atomic E-state index is 12.1. The molecule has 0 radical (unpaired) electrons. The van der Waals surface area contributed by atoms with Crippen LogP contribution in [0.15, 0.2) is 24.3 Å². The number of hydrogen-bond acceptors (Lipinski definition) is 3. The molecule has 1 fully saturated rings. The molecule has 1 heterocycles. The van der Waals surface area contributed by atoms with Gasteiger partial charge in [0.15, 0.2) is 0 Å². The molecule has 0 saturated carbocycles. The van der Waals surface area contributed by atoms with E-state index >= 15 is 0 Å². The summed E-state index contributed by atoms with van der Waals surface area (Å²) in [6.45, 7) is 1.60. The molecule has 1 N–H and O–H groups in total. The predicted molar refractivity (Wildman–Crippen MR) is 95.8 cm³/mol. The fourth-order valence-electron chi connectivity index (χ4n) is 3.17. The van der Waals surface area contributed by atoms with Gasteiger partial charge in [0.1, 0.15) is 0 Å². The molecule has 1 aromatic rings. The van der Waals surface area contributed by atoms with E-state index in [1.807, 2.05) is 18.2 Å². The number of rotatable bonds is 6. The number of carbonyl (C=O) groups is 2. The van der Waals surface area contributed by atoms with Gasteiger partial charge < -0.3 is 15.1 Å². The van der Waals surface area contributed by atoms with E-state index in [0.29, 0.717) is 24.6 Å². The Morgan fingerprint density at radius 2 is 2.08 bits per heavy atom. The minimum Gasteiger partial charge on any atom is -0.352 e. The van der Waals surface area contributed by atoms with E-state index in [1.54, 1.807) is 25.1 Å². The van der Waals surface area contributed by atoms with Gasteiger partial charge in [0, 0.05) is 38.7 Å². The van der Waals surface area contributed by atoms with Crippen LogP contribution in [0.3, 0.4) is 0 Å². The van der Waals surface area contributed by atoms with Crippen molar-refractivity contribution in [2.75, 3.05) is 27.7 Å². The second-order valence-corrected chi connectivity index (χ2v) is 6.85. The average molecular weight is 331 g/mol. The van der Waals surface area contributed by atoms with Crippen molar-refractivity contribution in [3.8, 4) is 0 Å². The molecule has 1 saturated heterocycles. The third-order valence-electron chi connectivity index (χ3n) is 4.70. The van der Waals surface area contributed by atoms with Crippen molar-refractivity contribution in [2.24, 2.45) is 0 Å². The summed E-state index contributed by atoms with van der Waals surface area (Å²) in [6, 6.07) is 7.96. The molecule has 0 aliphatic carbocycles. The maximum atomic E-state index is 12.1. The van der Waals surface area contributed by atoms with E-state index in [1.165, 1.54) is 19.3 Å². The Morgan fingerprint density at radius 3 is 2.79 bits per heavy atom. The van der Waals surface area contributed by atoms with Crippen molar-refractivity contribution in [1.82, 2.24) is 15.1 Å². The molecule has 5 heteroatoms. The van der Waals surface area contributed by atoms with E-state index in [-0.39, 0.29) is 11.8 Å². The van der Waals surface area contributed by atoms with Gasteiger partial charge in [0.05, 0.1) is 0 Å². The van der Waals surface area contributed by atoms with Gasteiger partial charge in [0.25, 0.3) is 5.91 Å². The molecule has 5 nitrogen and oxygen atoms in total. The Morgan fingerprint density at radius 1 is 1.29 bits per heavy atom. The van der Waals surface area contributed by atoms with Gasteiger partial charge >= 0.3 is 0 Å². The van der Waals surface area contributed by atoms with Crippen molar-refractivity contribution in [1.29, 1.82) is 0 Å². The van der Waals surface area contributed by atoms with Crippen LogP contribution in [0.25, 0.3) is 0 Å². The third-order valence-corrected chi connectivity index (χ3v) is 4.70. The lowest BCUT2D eigenvalue weighted by Gasteiger charge is -2.32. The second kappa shape index (κ2) is 8.83. The molecule has 1 atom stereocenters. The zero-order valence-electron chi connectivity index (χ0n) is 15.0. The molecule has 0 bridgehead atoms. The quantitative estimate of drug-likeness (QED) is 0.870. The summed E-state index contributed by atoms with van der Waals surface area (Å²) < 4.78 is 0. The number of likely N-dealkylation sites (tertiary alicyclic amines) is 1. The first-order chi connectivity index (χ1) is 11.5. The van der Waals surface area contributed by atoms with Crippen LogP contribution in [0.2, 0.25) is 0 Å². The van der Waals surface area contributed by atoms with Gasteiger partial charge in [-0.15, -0.1) is 0 Å². The second-order valence-electron chi connectivity index (χ2n) is 6.85. The van der Waals surface area contributed by atoms with Gasteiger partial charge in [-0.1, -0.05) is 18.6 Å². The Labute approximate surface area is 145 Å². The molecule has 1 aliphatic heterocycles. The highest BCUT2D eigenvalue weighted by Crippen LogP contribution is 2.18. The Bertz CT molecular complexity index is 571. The van der Waals surface area contributed by atoms with Crippen LogP contribution in [-0.4, -0.2) is 55.3 Å². The standard InChI is InChI=1S/C19H29N3O2/c1-21(2)19(24)16-8-6-7-15(13-16)14-20-18(23)11-10-17-9-4-5-12-22(17)3/h6-8,13,17H,4-5,9-12,14H2,1-3H3,(H,20,23)/t17-/m0/s1. The minimum absolute atomic E-state index is 0.0245. The molecule has 0 unspecified atom stereocenters. The molecule has 2 rings (SSSR count). The SMILES string of the molecule is CN(C)C(=O)c1cccc(CNC(=O)CC[C@@H]2CCCCN2C)c1. The summed E-state index contributed by atoms with van der Waals surface area (Å²) in [5.41, 5.74) is 1.60. The zero-order valence-corrected chi connectivity index (χ0v) is 15.0. The average Bonchev–Trinajstić information content (AvgIpc) is 2.58. The lowest BCUT2D eigenvalue weighted by Crippen LogP contribution is -2.37. The van der Waals surface area contributed by atoms with Crippen molar-refractivity contribution >= 4 is 11.8 Å². The number of hydrogen-bond donors (Lipinski definition) is 1. The number of piperidine rings is 1. The lowest BCUT2D eigenvalue weighted by molar-refractivity contribution is -0.121. The van der Waals surface area contributed by atoms with Crippen molar-refractivity contribution < 1.29 is 9.59 Å². The highest BCUT2D eigenvalue weighted by molar-refractivity contribution is 5.94. The summed E-state index contributed by atoms with van der Waals surface area (Å²) in [5, 5.41) is 2.97. The van der Waals surface area contributed by atoms with Crippen molar-refractivity contribution in [3.05, 3.63) is 35.4 Å². The summed E-state index contributed by atoms with van der Waals surface area (Å²) >= 11 is 0. The highest BCUT2D eigenvalue weighted by Gasteiger charge is 2.19. The van der Waals surface area contributed by atoms with Crippen LogP contribution in [0.1, 0.15) is 48.0 Å². The van der Waals surface area contributed by atoms with Crippen LogP contribution in [0.5, 0.6) is 0 Å². The Hall–Kier alpha value is -1.88. The van der Waals surface area contributed by atoms with Crippen LogP contribution in [0.4, 0.5) is 0 Å². The van der Waals surface area contributed by atoms with E-state index in [2.05, 4.69) is 17.3 Å². The predicted octanol–water partition coefficient (Wildman–Crippen LogP) is 2.27. The first kappa shape index (κ1) is 18.5. The summed E-state index contributed by atoms with van der Waals surface area (Å²) in [5.74, 6) is 0.0572. The molecule has 0 spiro atoms. The van der Waals surface area contributed by atoms with Gasteiger partial charge in [0.2, 0.25) is 5.91 Å². The number of nitrogens with zero attached hydrogens (tertiary/aromatic N) is 2. The van der Waals surface area contributed by atoms with Crippen LogP contribution in [-0.2, 0) is 11.3 Å². The number of amides is 2. The maximum Gasteiger partial charge on any atom is 0.253 e. The van der Waals surface area contributed by atoms with Crippen molar-refractivity contribution in [2.45, 2.75) is 44.7 Å². The third kappa shape index (κ3) is 5.34. The number of carbonyl (C=O) groups excluding carboxylic acids is 2. The molecular weight excluding hydrogens is 302 g/mol. The summed E-state index contributed by atoms with van der Waals surface area (Å²) in [7, 11) is 5.62. The van der Waals surface area contributed by atoms with Gasteiger partial charge in [-0.2, -0.15) is 0 Å². The van der Waals surface area contributed by atoms with Gasteiger partial charge in [-0.3, -0.25) is 9.59 Å². The highest BCUT2D eigenvalue weighted by atomic mass is 16.2. The van der Waals surface area contributed by atoms with Crippen LogP contribution < -0.4 is 5.32 Å². The molecule has 132 valence electrons. The molecule has 2 amide bonds. The zero-order chi connectivity index (χ0) is 17.5. The number of nitrogens with one attached hydrogen (secondary N) is 1. The van der Waals surface area contributed by atoms with Crippen molar-refractivity contribution in [3.63, 3.8) is 0 Å². The minimum atomic E-state index is -0.0245. The van der Waals surface area contributed by atoms with E-state index < -0.39 is 0 Å². The summed E-state index contributed by atoms with van der Waals surface area (Å²) in [6.07, 6.45) is 5.20. The topological polar surface area (TPSA) is 52.7 Å². The Balaban J connectivity index is 1.79.